The molecule has 1 heterocycles. The fourth-order valence-electron chi connectivity index (χ4n) is 4.48. The van der Waals surface area contributed by atoms with Crippen LogP contribution in [0, 0.1) is 5.82 Å². The third kappa shape index (κ3) is 4.00. The molecule has 0 amide bonds. The lowest BCUT2D eigenvalue weighted by atomic mass is 9.74. The molecule has 0 aliphatic carbocycles. The lowest BCUT2D eigenvalue weighted by molar-refractivity contribution is -0.179. The summed E-state index contributed by atoms with van der Waals surface area (Å²) >= 11 is 0. The Labute approximate surface area is 193 Å². The molecule has 0 saturated carbocycles. The van der Waals surface area contributed by atoms with Crippen molar-refractivity contribution in [3.63, 3.8) is 0 Å². The quantitative estimate of drug-likeness (QED) is 0.306. The molecule has 1 N–H and O–H groups in total. The van der Waals surface area contributed by atoms with Gasteiger partial charge in [-0.05, 0) is 71.1 Å². The van der Waals surface area contributed by atoms with Crippen molar-refractivity contribution in [2.24, 2.45) is 0 Å². The third-order valence-electron chi connectivity index (χ3n) is 5.98. The topological polar surface area (TPSA) is 49.8 Å². The molecular weight excluding hydrogens is 450 g/mol. The van der Waals surface area contributed by atoms with E-state index in [0.717, 1.165) is 12.1 Å². The number of halogens is 4. The lowest BCUT2D eigenvalue weighted by Gasteiger charge is -2.50. The Bertz CT molecular complexity index is 1220. The van der Waals surface area contributed by atoms with E-state index in [-0.39, 0.29) is 35.5 Å². The first-order valence-corrected chi connectivity index (χ1v) is 10.5. The maximum Gasteiger partial charge on any atom is 0.420 e. The molecular formula is C26H21F4NO3. The molecule has 34 heavy (non-hydrogen) atoms. The minimum absolute atomic E-state index is 0.00812. The van der Waals surface area contributed by atoms with Crippen LogP contribution < -0.4 is 4.90 Å². The van der Waals surface area contributed by atoms with Crippen molar-refractivity contribution < 1.29 is 32.2 Å². The highest BCUT2D eigenvalue weighted by atomic mass is 19.4. The average Bonchev–Trinajstić information content (AvgIpc) is 2.81. The van der Waals surface area contributed by atoms with Gasteiger partial charge in [0.05, 0.1) is 7.11 Å². The number of carbonyl (C=O) groups excluding carboxylic acids is 1. The van der Waals surface area contributed by atoms with Gasteiger partial charge >= 0.3 is 12.1 Å². The fourth-order valence-corrected chi connectivity index (χ4v) is 4.48. The van der Waals surface area contributed by atoms with Gasteiger partial charge in [-0.1, -0.05) is 30.3 Å². The van der Waals surface area contributed by atoms with E-state index in [9.17, 15) is 14.3 Å². The highest BCUT2D eigenvalue weighted by molar-refractivity contribution is 5.86. The number of phenols is 1. The van der Waals surface area contributed by atoms with Crippen LogP contribution in [0.3, 0.4) is 0 Å². The highest BCUT2D eigenvalue weighted by Gasteiger charge is 2.63. The van der Waals surface area contributed by atoms with Crippen molar-refractivity contribution in [3.8, 4) is 5.75 Å². The van der Waals surface area contributed by atoms with Gasteiger partial charge < -0.3 is 14.7 Å². The lowest BCUT2D eigenvalue weighted by Crippen LogP contribution is -2.60. The number of anilines is 1. The molecule has 4 rings (SSSR count). The Morgan fingerprint density at radius 3 is 2.35 bits per heavy atom. The van der Waals surface area contributed by atoms with Crippen LogP contribution in [0.15, 0.2) is 72.8 Å². The van der Waals surface area contributed by atoms with Crippen LogP contribution in [0.5, 0.6) is 5.75 Å². The predicted octanol–water partition coefficient (Wildman–Crippen LogP) is 5.59. The van der Waals surface area contributed by atoms with E-state index in [1.807, 2.05) is 0 Å². The largest absolute Gasteiger partial charge is 0.508 e. The maximum atomic E-state index is 15.2. The van der Waals surface area contributed by atoms with Gasteiger partial charge in [0.1, 0.15) is 11.6 Å². The Hall–Kier alpha value is -3.81. The molecule has 1 aliphatic rings. The first-order chi connectivity index (χ1) is 16.2. The SMILES string of the molecule is COC(=O)C=Cc1ccc(C2(C(F)(F)F)c3ccc(O)cc3CCN2c2ccc(F)cc2)cc1. The van der Waals surface area contributed by atoms with Crippen LogP contribution >= 0.6 is 0 Å². The van der Waals surface area contributed by atoms with Crippen LogP contribution in [0.2, 0.25) is 0 Å². The average molecular weight is 471 g/mol. The molecule has 0 spiro atoms. The fraction of sp³-hybridized carbons (Fsp3) is 0.192. The number of ether oxygens (including phenoxy) is 1. The van der Waals surface area contributed by atoms with Crippen LogP contribution in [0.4, 0.5) is 23.2 Å². The van der Waals surface area contributed by atoms with Gasteiger partial charge in [-0.3, -0.25) is 0 Å². The summed E-state index contributed by atoms with van der Waals surface area (Å²) in [6, 6.07) is 14.5. The zero-order valence-electron chi connectivity index (χ0n) is 18.1. The zero-order chi connectivity index (χ0) is 24.5. The van der Waals surface area contributed by atoms with Gasteiger partial charge in [0.25, 0.3) is 0 Å². The molecule has 0 aromatic heterocycles. The summed E-state index contributed by atoms with van der Waals surface area (Å²) in [4.78, 5) is 12.6. The second kappa shape index (κ2) is 8.85. The molecule has 176 valence electrons. The van der Waals surface area contributed by atoms with Gasteiger partial charge in [0.15, 0.2) is 5.54 Å². The number of aromatic hydroxyl groups is 1. The van der Waals surface area contributed by atoms with Gasteiger partial charge in [-0.25, -0.2) is 9.18 Å². The van der Waals surface area contributed by atoms with E-state index in [0.29, 0.717) is 11.1 Å². The molecule has 1 unspecified atom stereocenters. The van der Waals surface area contributed by atoms with Gasteiger partial charge in [-0.2, -0.15) is 13.2 Å². The molecule has 1 atom stereocenters. The summed E-state index contributed by atoms with van der Waals surface area (Å²) < 4.78 is 63.8. The van der Waals surface area contributed by atoms with E-state index < -0.39 is 23.5 Å². The van der Waals surface area contributed by atoms with Gasteiger partial charge in [0, 0.05) is 18.3 Å². The summed E-state index contributed by atoms with van der Waals surface area (Å²) in [6.45, 7) is -0.00834. The standard InChI is InChI=1S/C26H21F4NO3/c1-34-24(33)13-4-17-2-5-19(6-3-17)25(26(28,29)30)23-12-11-22(32)16-18(23)14-15-31(25)21-9-7-20(27)8-10-21/h2-13,16,32H,14-15H2,1H3. The van der Waals surface area contributed by atoms with Crippen molar-refractivity contribution in [3.05, 3.63) is 101 Å². The molecule has 0 bridgehead atoms. The normalized spacial score (nSPS) is 18.1. The molecule has 0 fully saturated rings. The second-order valence-corrected chi connectivity index (χ2v) is 7.91. The summed E-state index contributed by atoms with van der Waals surface area (Å²) in [5, 5.41) is 9.92. The number of methoxy groups -OCH3 is 1. The smallest absolute Gasteiger partial charge is 0.420 e. The predicted molar refractivity (Wildman–Crippen MR) is 120 cm³/mol. The number of nitrogens with zero attached hydrogens (tertiary/aromatic N) is 1. The summed E-state index contributed by atoms with van der Waals surface area (Å²) in [6.07, 6.45) is -1.89. The second-order valence-electron chi connectivity index (χ2n) is 7.91. The van der Waals surface area contributed by atoms with E-state index in [1.165, 1.54) is 78.8 Å². The monoisotopic (exact) mass is 471 g/mol. The number of rotatable bonds is 4. The number of hydrogen-bond donors (Lipinski definition) is 1. The van der Waals surface area contributed by atoms with Crippen LogP contribution in [-0.2, 0) is 21.5 Å². The van der Waals surface area contributed by atoms with E-state index >= 15 is 13.2 Å². The van der Waals surface area contributed by atoms with Gasteiger partial charge in [-0.15, -0.1) is 0 Å². The van der Waals surface area contributed by atoms with Crippen molar-refractivity contribution in [2.45, 2.75) is 18.1 Å². The molecule has 0 saturated heterocycles. The van der Waals surface area contributed by atoms with Crippen molar-refractivity contribution >= 4 is 17.7 Å². The molecule has 4 nitrogen and oxygen atoms in total. The zero-order valence-corrected chi connectivity index (χ0v) is 18.1. The molecule has 1 aliphatic heterocycles. The minimum Gasteiger partial charge on any atom is -0.508 e. The number of esters is 1. The van der Waals surface area contributed by atoms with E-state index in [1.54, 1.807) is 0 Å². The van der Waals surface area contributed by atoms with Crippen molar-refractivity contribution in [1.82, 2.24) is 0 Å². The number of carbonyl (C=O) groups is 1. The number of alkyl halides is 3. The van der Waals surface area contributed by atoms with Gasteiger partial charge in [0.2, 0.25) is 0 Å². The number of fused-ring (bicyclic) bond motifs is 1. The Kier molecular flexibility index (Phi) is 6.08. The first kappa shape index (κ1) is 23.4. The number of phenolic OH excluding ortho intramolecular Hbond substituents is 1. The van der Waals surface area contributed by atoms with Crippen LogP contribution in [0.25, 0.3) is 6.08 Å². The Morgan fingerprint density at radius 1 is 1.06 bits per heavy atom. The minimum atomic E-state index is -4.78. The van der Waals surface area contributed by atoms with E-state index in [4.69, 9.17) is 0 Å². The Balaban J connectivity index is 1.94. The Morgan fingerprint density at radius 2 is 1.74 bits per heavy atom. The highest BCUT2D eigenvalue weighted by Crippen LogP contribution is 2.53. The van der Waals surface area contributed by atoms with Crippen molar-refractivity contribution in [1.29, 1.82) is 0 Å². The number of benzene rings is 3. The van der Waals surface area contributed by atoms with Crippen LogP contribution in [-0.4, -0.2) is 30.9 Å². The molecule has 3 aromatic rings. The molecule has 3 aromatic carbocycles. The molecule has 0 radical (unpaired) electrons. The van der Waals surface area contributed by atoms with Crippen molar-refractivity contribution in [2.75, 3.05) is 18.6 Å². The summed E-state index contributed by atoms with van der Waals surface area (Å²) in [5.41, 5.74) is -1.53. The number of hydrogen-bond acceptors (Lipinski definition) is 4. The first-order valence-electron chi connectivity index (χ1n) is 10.5. The summed E-state index contributed by atoms with van der Waals surface area (Å²) in [5.74, 6) is -1.25. The van der Waals surface area contributed by atoms with E-state index in [2.05, 4.69) is 4.74 Å². The maximum absolute atomic E-state index is 15.2. The van der Waals surface area contributed by atoms with Crippen LogP contribution in [0.1, 0.15) is 22.3 Å². The third-order valence-corrected chi connectivity index (χ3v) is 5.98. The summed E-state index contributed by atoms with van der Waals surface area (Å²) in [7, 11) is 1.23. The molecule has 8 heteroatoms.